The Labute approximate surface area is 208 Å². The van der Waals surface area contributed by atoms with Crippen LogP contribution in [-0.2, 0) is 6.61 Å². The average molecular weight is 481 g/mol. The quantitative estimate of drug-likeness (QED) is 0.318. The molecule has 180 valence electrons. The maximum absolute atomic E-state index is 14.1. The highest BCUT2D eigenvalue weighted by Crippen LogP contribution is 2.29. The second-order valence-corrected chi connectivity index (χ2v) is 8.37. The highest BCUT2D eigenvalue weighted by atomic mass is 19.1. The number of halogens is 1. The molecule has 0 fully saturated rings. The highest BCUT2D eigenvalue weighted by Gasteiger charge is 2.16. The third-order valence-electron chi connectivity index (χ3n) is 5.93. The van der Waals surface area contributed by atoms with Crippen LogP contribution in [0.5, 0.6) is 5.75 Å². The van der Waals surface area contributed by atoms with Crippen molar-refractivity contribution in [3.8, 4) is 28.1 Å². The Bertz CT molecular complexity index is 1530. The molecule has 2 aromatic carbocycles. The number of aromatic nitrogens is 3. The summed E-state index contributed by atoms with van der Waals surface area (Å²) in [6, 6.07) is 21.8. The molecule has 3 aromatic heterocycles. The van der Waals surface area contributed by atoms with Crippen molar-refractivity contribution in [2.75, 3.05) is 6.54 Å². The molecule has 7 heteroatoms. The predicted molar refractivity (Wildman–Crippen MR) is 137 cm³/mol. The van der Waals surface area contributed by atoms with Gasteiger partial charge in [0.1, 0.15) is 18.1 Å². The van der Waals surface area contributed by atoms with E-state index in [1.807, 2.05) is 73.0 Å². The lowest BCUT2D eigenvalue weighted by molar-refractivity contribution is 0.0951. The first-order valence-electron chi connectivity index (χ1n) is 11.7. The van der Waals surface area contributed by atoms with Crippen molar-refractivity contribution in [2.45, 2.75) is 20.5 Å². The van der Waals surface area contributed by atoms with Crippen molar-refractivity contribution in [1.29, 1.82) is 0 Å². The normalized spacial score (nSPS) is 11.0. The minimum absolute atomic E-state index is 0.198. The van der Waals surface area contributed by atoms with Gasteiger partial charge in [-0.3, -0.25) is 14.2 Å². The molecular weight excluding hydrogens is 455 g/mol. The van der Waals surface area contributed by atoms with Crippen LogP contribution in [0, 0.1) is 12.7 Å². The number of pyridine rings is 2. The van der Waals surface area contributed by atoms with Crippen molar-refractivity contribution in [2.24, 2.45) is 0 Å². The van der Waals surface area contributed by atoms with Crippen LogP contribution in [0.25, 0.3) is 28.0 Å². The number of nitrogens with one attached hydrogen (secondary N) is 1. The highest BCUT2D eigenvalue weighted by molar-refractivity contribution is 5.92. The Hall–Kier alpha value is -4.52. The summed E-state index contributed by atoms with van der Waals surface area (Å²) in [5.74, 6) is 0.209. The van der Waals surface area contributed by atoms with Crippen LogP contribution in [0.3, 0.4) is 0 Å². The molecule has 0 bridgehead atoms. The van der Waals surface area contributed by atoms with E-state index < -0.39 is 0 Å². The van der Waals surface area contributed by atoms with E-state index in [9.17, 15) is 9.18 Å². The van der Waals surface area contributed by atoms with Crippen molar-refractivity contribution >= 4 is 11.6 Å². The first-order chi connectivity index (χ1) is 17.5. The van der Waals surface area contributed by atoms with Crippen molar-refractivity contribution < 1.29 is 13.9 Å². The van der Waals surface area contributed by atoms with E-state index in [0.717, 1.165) is 28.1 Å². The molecule has 0 unspecified atom stereocenters. The number of benzene rings is 2. The molecule has 5 rings (SSSR count). The Balaban J connectivity index is 1.37. The SMILES string of the molecule is CCNC(=O)c1ccc(-c2c(C)nc3c(OCc4ccc(-c5ccccc5F)cc4)cccn23)cn1. The third-order valence-corrected chi connectivity index (χ3v) is 5.93. The summed E-state index contributed by atoms with van der Waals surface area (Å²) in [4.78, 5) is 21.1. The molecular formula is C29H25FN4O2. The summed E-state index contributed by atoms with van der Waals surface area (Å²) in [7, 11) is 0. The molecule has 0 saturated carbocycles. The molecule has 0 radical (unpaired) electrons. The lowest BCUT2D eigenvalue weighted by atomic mass is 10.0. The summed E-state index contributed by atoms with van der Waals surface area (Å²) in [6.07, 6.45) is 3.62. The van der Waals surface area contributed by atoms with Gasteiger partial charge in [0, 0.05) is 30.1 Å². The van der Waals surface area contributed by atoms with Crippen LogP contribution in [0.2, 0.25) is 0 Å². The zero-order valence-corrected chi connectivity index (χ0v) is 20.0. The number of aryl methyl sites for hydroxylation is 1. The Morgan fingerprint density at radius 1 is 1.00 bits per heavy atom. The molecule has 0 atom stereocenters. The Morgan fingerprint density at radius 2 is 1.78 bits per heavy atom. The molecule has 0 saturated heterocycles. The van der Waals surface area contributed by atoms with E-state index >= 15 is 0 Å². The van der Waals surface area contributed by atoms with E-state index in [2.05, 4.69) is 10.3 Å². The van der Waals surface area contributed by atoms with E-state index in [4.69, 9.17) is 9.72 Å². The zero-order valence-electron chi connectivity index (χ0n) is 20.0. The standard InChI is InChI=1S/C29H25FN4O2/c1-3-31-29(35)25-15-14-22(17-32-25)27-19(2)33-28-26(9-6-16-34(27)28)36-18-20-10-12-21(13-11-20)23-7-4-5-8-24(23)30/h4-17H,3,18H2,1-2H3,(H,31,35). The second-order valence-electron chi connectivity index (χ2n) is 8.37. The number of hydrogen-bond donors (Lipinski definition) is 1. The minimum atomic E-state index is -0.243. The molecule has 1 N–H and O–H groups in total. The first-order valence-corrected chi connectivity index (χ1v) is 11.7. The topological polar surface area (TPSA) is 68.5 Å². The molecule has 0 aliphatic rings. The number of ether oxygens (including phenoxy) is 1. The molecule has 0 aliphatic carbocycles. The van der Waals surface area contributed by atoms with E-state index in [1.54, 1.807) is 24.4 Å². The maximum Gasteiger partial charge on any atom is 0.269 e. The van der Waals surface area contributed by atoms with Crippen LogP contribution >= 0.6 is 0 Å². The Morgan fingerprint density at radius 3 is 2.50 bits per heavy atom. The number of carbonyl (C=O) groups excluding carboxylic acids is 1. The monoisotopic (exact) mass is 480 g/mol. The molecule has 0 aliphatic heterocycles. The largest absolute Gasteiger partial charge is 0.485 e. The van der Waals surface area contributed by atoms with E-state index in [-0.39, 0.29) is 11.7 Å². The second kappa shape index (κ2) is 10.00. The summed E-state index contributed by atoms with van der Waals surface area (Å²) in [6.45, 7) is 4.70. The molecule has 1 amide bonds. The number of amides is 1. The predicted octanol–water partition coefficient (Wildman–Crippen LogP) is 5.84. The molecule has 3 heterocycles. The van der Waals surface area contributed by atoms with Gasteiger partial charge in [-0.1, -0.05) is 42.5 Å². The number of rotatable bonds is 7. The van der Waals surface area contributed by atoms with Gasteiger partial charge in [0.05, 0.1) is 11.4 Å². The fourth-order valence-electron chi connectivity index (χ4n) is 4.17. The van der Waals surface area contributed by atoms with E-state index in [1.165, 1.54) is 6.07 Å². The van der Waals surface area contributed by atoms with Gasteiger partial charge in [-0.05, 0) is 55.3 Å². The third kappa shape index (κ3) is 4.55. The summed E-state index contributed by atoms with van der Waals surface area (Å²) in [5, 5.41) is 2.75. The minimum Gasteiger partial charge on any atom is -0.485 e. The lowest BCUT2D eigenvalue weighted by Gasteiger charge is -2.10. The van der Waals surface area contributed by atoms with Crippen LogP contribution < -0.4 is 10.1 Å². The van der Waals surface area contributed by atoms with E-state index in [0.29, 0.717) is 35.8 Å². The fourth-order valence-corrected chi connectivity index (χ4v) is 4.17. The van der Waals surface area contributed by atoms with Gasteiger partial charge >= 0.3 is 0 Å². The van der Waals surface area contributed by atoms with Crippen LogP contribution in [-0.4, -0.2) is 26.8 Å². The smallest absolute Gasteiger partial charge is 0.269 e. The van der Waals surface area contributed by atoms with Crippen LogP contribution in [0.4, 0.5) is 4.39 Å². The zero-order chi connectivity index (χ0) is 25.1. The molecule has 6 nitrogen and oxygen atoms in total. The maximum atomic E-state index is 14.1. The molecule has 36 heavy (non-hydrogen) atoms. The van der Waals surface area contributed by atoms with Crippen molar-refractivity contribution in [1.82, 2.24) is 19.7 Å². The first kappa shape index (κ1) is 23.2. The molecule has 5 aromatic rings. The van der Waals surface area contributed by atoms with Crippen molar-refractivity contribution in [3.05, 3.63) is 108 Å². The van der Waals surface area contributed by atoms with Gasteiger partial charge in [0.15, 0.2) is 11.4 Å². The fraction of sp³-hybridized carbons (Fsp3) is 0.138. The van der Waals surface area contributed by atoms with Crippen LogP contribution in [0.1, 0.15) is 28.7 Å². The number of nitrogens with zero attached hydrogens (tertiary/aromatic N) is 3. The van der Waals surface area contributed by atoms with Gasteiger partial charge in [0.2, 0.25) is 0 Å². The number of carbonyl (C=O) groups is 1. The van der Waals surface area contributed by atoms with Crippen molar-refractivity contribution in [3.63, 3.8) is 0 Å². The summed E-state index contributed by atoms with van der Waals surface area (Å²) < 4.78 is 22.2. The van der Waals surface area contributed by atoms with Gasteiger partial charge in [0.25, 0.3) is 5.91 Å². The number of hydrogen-bond acceptors (Lipinski definition) is 4. The van der Waals surface area contributed by atoms with Gasteiger partial charge < -0.3 is 10.1 Å². The lowest BCUT2D eigenvalue weighted by Crippen LogP contribution is -2.23. The average Bonchev–Trinajstić information content (AvgIpc) is 3.24. The number of imidazole rings is 1. The van der Waals surface area contributed by atoms with Gasteiger partial charge in [-0.15, -0.1) is 0 Å². The van der Waals surface area contributed by atoms with Gasteiger partial charge in [-0.25, -0.2) is 9.37 Å². The Kier molecular flexibility index (Phi) is 6.45. The number of fused-ring (bicyclic) bond motifs is 1. The summed E-state index contributed by atoms with van der Waals surface area (Å²) in [5.41, 5.74) is 5.99. The van der Waals surface area contributed by atoms with Crippen LogP contribution in [0.15, 0.2) is 85.2 Å². The summed E-state index contributed by atoms with van der Waals surface area (Å²) >= 11 is 0. The molecule has 0 spiro atoms. The van der Waals surface area contributed by atoms with Gasteiger partial charge in [-0.2, -0.15) is 0 Å².